The third-order valence-electron chi connectivity index (χ3n) is 1.23. The van der Waals surface area contributed by atoms with Gasteiger partial charge in [0, 0.05) is 0 Å². The number of aromatic nitrogens is 1. The van der Waals surface area contributed by atoms with Crippen molar-refractivity contribution in [3.8, 4) is 0 Å². The third kappa shape index (κ3) is 1.85. The summed E-state index contributed by atoms with van der Waals surface area (Å²) < 4.78 is 5.17. The van der Waals surface area contributed by atoms with E-state index >= 15 is 0 Å². The lowest BCUT2D eigenvalue weighted by atomic mass is 10.1. The van der Waals surface area contributed by atoms with Crippen molar-refractivity contribution in [1.29, 1.82) is 0 Å². The predicted octanol–water partition coefficient (Wildman–Crippen LogP) is 0.422. The van der Waals surface area contributed by atoms with Crippen molar-refractivity contribution in [3.05, 3.63) is 10.7 Å². The van der Waals surface area contributed by atoms with Crippen LogP contribution in [-0.4, -0.2) is 25.4 Å². The lowest BCUT2D eigenvalue weighted by Gasteiger charge is -1.97. The summed E-state index contributed by atoms with van der Waals surface area (Å²) >= 11 is 1.29. The molecule has 2 radical (unpaired) electrons. The first-order valence-electron chi connectivity index (χ1n) is 3.55. The zero-order chi connectivity index (χ0) is 9.14. The number of aryl methyl sites for hydroxylation is 1. The largest absolute Gasteiger partial charge is 0.461 e. The molecule has 0 saturated heterocycles. The first-order valence-corrected chi connectivity index (χ1v) is 4.36. The summed E-state index contributed by atoms with van der Waals surface area (Å²) in [6, 6.07) is 0. The molecule has 0 aliphatic rings. The van der Waals surface area contributed by atoms with Crippen molar-refractivity contribution in [2.45, 2.75) is 13.8 Å². The van der Waals surface area contributed by atoms with Crippen LogP contribution in [0.25, 0.3) is 0 Å². The van der Waals surface area contributed by atoms with Crippen molar-refractivity contribution >= 4 is 29.9 Å². The number of carbonyl (C=O) groups excluding carboxylic acids is 1. The molecule has 0 aliphatic heterocycles. The van der Waals surface area contributed by atoms with E-state index in [1.807, 2.05) is 0 Å². The SMILES string of the molecule is [B]c1sc(C)nc1C(=O)OCC. The molecule has 1 heterocycles. The smallest absolute Gasteiger partial charge is 0.357 e. The molecular formula is C7H8BNO2S. The van der Waals surface area contributed by atoms with Crippen LogP contribution in [0.1, 0.15) is 22.4 Å². The van der Waals surface area contributed by atoms with Gasteiger partial charge in [-0.05, 0) is 18.6 Å². The van der Waals surface area contributed by atoms with Gasteiger partial charge in [0.1, 0.15) is 7.85 Å². The van der Waals surface area contributed by atoms with E-state index in [9.17, 15) is 4.79 Å². The Balaban J connectivity index is 2.87. The maximum atomic E-state index is 11.1. The van der Waals surface area contributed by atoms with Gasteiger partial charge in [0.2, 0.25) is 0 Å². The summed E-state index contributed by atoms with van der Waals surface area (Å²) in [5.41, 5.74) is 0.236. The van der Waals surface area contributed by atoms with E-state index < -0.39 is 5.97 Å². The molecular weight excluding hydrogens is 173 g/mol. The minimum absolute atomic E-state index is 0.236. The van der Waals surface area contributed by atoms with Crippen LogP contribution in [0.4, 0.5) is 0 Å². The Bertz CT molecular complexity index is 298. The van der Waals surface area contributed by atoms with Crippen molar-refractivity contribution in [3.63, 3.8) is 0 Å². The molecule has 0 aliphatic carbocycles. The number of carbonyl (C=O) groups is 1. The molecule has 0 N–H and O–H groups in total. The van der Waals surface area contributed by atoms with Gasteiger partial charge in [-0.1, -0.05) is 0 Å². The minimum Gasteiger partial charge on any atom is -0.461 e. The Hall–Kier alpha value is -0.835. The van der Waals surface area contributed by atoms with Crippen LogP contribution in [0.3, 0.4) is 0 Å². The molecule has 0 amide bonds. The fourth-order valence-corrected chi connectivity index (χ4v) is 1.47. The second-order valence-electron chi connectivity index (χ2n) is 2.17. The Morgan fingerprint density at radius 3 is 2.83 bits per heavy atom. The summed E-state index contributed by atoms with van der Waals surface area (Å²) in [5.74, 6) is -0.445. The van der Waals surface area contributed by atoms with Crippen LogP contribution in [0.15, 0.2) is 0 Å². The van der Waals surface area contributed by atoms with Gasteiger partial charge >= 0.3 is 5.97 Å². The number of esters is 1. The van der Waals surface area contributed by atoms with E-state index in [1.54, 1.807) is 13.8 Å². The Morgan fingerprint density at radius 1 is 1.75 bits per heavy atom. The molecule has 5 heteroatoms. The molecule has 0 spiro atoms. The number of nitrogens with zero attached hydrogens (tertiary/aromatic N) is 1. The lowest BCUT2D eigenvalue weighted by Crippen LogP contribution is -2.14. The molecule has 0 fully saturated rings. The maximum Gasteiger partial charge on any atom is 0.357 e. The highest BCUT2D eigenvalue weighted by molar-refractivity contribution is 7.20. The summed E-state index contributed by atoms with van der Waals surface area (Å²) in [7, 11) is 5.53. The van der Waals surface area contributed by atoms with Gasteiger partial charge in [-0.25, -0.2) is 9.78 Å². The second kappa shape index (κ2) is 3.71. The van der Waals surface area contributed by atoms with Crippen LogP contribution >= 0.6 is 11.3 Å². The zero-order valence-electron chi connectivity index (χ0n) is 6.96. The van der Waals surface area contributed by atoms with E-state index in [1.165, 1.54) is 11.3 Å². The van der Waals surface area contributed by atoms with E-state index in [0.717, 1.165) is 5.01 Å². The van der Waals surface area contributed by atoms with Gasteiger partial charge in [-0.3, -0.25) is 0 Å². The van der Waals surface area contributed by atoms with Crippen LogP contribution in [0.2, 0.25) is 0 Å². The normalized spacial score (nSPS) is 9.83. The Kier molecular flexibility index (Phi) is 2.86. The number of hydrogen-bond acceptors (Lipinski definition) is 4. The molecule has 0 unspecified atom stereocenters. The maximum absolute atomic E-state index is 11.1. The molecule has 1 aromatic heterocycles. The van der Waals surface area contributed by atoms with Gasteiger partial charge in [0.25, 0.3) is 0 Å². The summed E-state index contributed by atoms with van der Waals surface area (Å²) in [5, 5.41) is 0.774. The Labute approximate surface area is 76.2 Å². The molecule has 12 heavy (non-hydrogen) atoms. The molecule has 1 rings (SSSR count). The van der Waals surface area contributed by atoms with Crippen molar-refractivity contribution in [2.24, 2.45) is 0 Å². The Morgan fingerprint density at radius 2 is 2.42 bits per heavy atom. The number of rotatable bonds is 2. The molecule has 0 saturated carbocycles. The second-order valence-corrected chi connectivity index (χ2v) is 3.40. The third-order valence-corrected chi connectivity index (χ3v) is 2.03. The van der Waals surface area contributed by atoms with Crippen molar-refractivity contribution < 1.29 is 9.53 Å². The molecule has 0 atom stereocenters. The molecule has 1 aromatic rings. The van der Waals surface area contributed by atoms with E-state index in [2.05, 4.69) is 4.98 Å². The standard InChI is InChI=1S/C7H8BNO2S/c1-3-11-7(10)5-6(8)12-4(2)9-5/h3H2,1-2H3. The first-order chi connectivity index (χ1) is 5.65. The van der Waals surface area contributed by atoms with Crippen LogP contribution in [0.5, 0.6) is 0 Å². The summed E-state index contributed by atoms with van der Waals surface area (Å²) in [6.45, 7) is 3.88. The molecule has 3 nitrogen and oxygen atoms in total. The van der Waals surface area contributed by atoms with Gasteiger partial charge < -0.3 is 4.74 Å². The topological polar surface area (TPSA) is 39.2 Å². The van der Waals surface area contributed by atoms with Crippen LogP contribution < -0.4 is 4.78 Å². The highest BCUT2D eigenvalue weighted by atomic mass is 32.1. The predicted molar refractivity (Wildman–Crippen MR) is 48.2 cm³/mol. The highest BCUT2D eigenvalue weighted by Gasteiger charge is 2.13. The highest BCUT2D eigenvalue weighted by Crippen LogP contribution is 2.04. The number of thiazole rings is 1. The fourth-order valence-electron chi connectivity index (χ4n) is 0.789. The number of ether oxygens (including phenoxy) is 1. The molecule has 62 valence electrons. The van der Waals surface area contributed by atoms with Crippen molar-refractivity contribution in [1.82, 2.24) is 4.98 Å². The fraction of sp³-hybridized carbons (Fsp3) is 0.429. The van der Waals surface area contributed by atoms with Crippen LogP contribution in [-0.2, 0) is 4.74 Å². The van der Waals surface area contributed by atoms with Gasteiger partial charge in [0.05, 0.1) is 11.6 Å². The first kappa shape index (κ1) is 9.25. The summed E-state index contributed by atoms with van der Waals surface area (Å²) in [6.07, 6.45) is 0. The van der Waals surface area contributed by atoms with Gasteiger partial charge in [-0.15, -0.1) is 11.3 Å². The monoisotopic (exact) mass is 181 g/mol. The molecule has 0 bridgehead atoms. The van der Waals surface area contributed by atoms with E-state index in [0.29, 0.717) is 11.4 Å². The lowest BCUT2D eigenvalue weighted by molar-refractivity contribution is 0.0522. The summed E-state index contributed by atoms with van der Waals surface area (Å²) in [4.78, 5) is 15.1. The quantitative estimate of drug-likeness (QED) is 0.490. The van der Waals surface area contributed by atoms with E-state index in [-0.39, 0.29) is 5.69 Å². The van der Waals surface area contributed by atoms with Crippen LogP contribution in [0, 0.1) is 6.92 Å². The van der Waals surface area contributed by atoms with Gasteiger partial charge in [-0.2, -0.15) is 0 Å². The molecule has 0 aromatic carbocycles. The average molecular weight is 181 g/mol. The zero-order valence-corrected chi connectivity index (χ0v) is 7.77. The number of hydrogen-bond donors (Lipinski definition) is 0. The minimum atomic E-state index is -0.445. The van der Waals surface area contributed by atoms with Gasteiger partial charge in [0.15, 0.2) is 5.69 Å². The average Bonchev–Trinajstić information content (AvgIpc) is 2.30. The van der Waals surface area contributed by atoms with E-state index in [4.69, 9.17) is 12.6 Å². The van der Waals surface area contributed by atoms with Crippen molar-refractivity contribution in [2.75, 3.05) is 6.61 Å².